The Morgan fingerprint density at radius 3 is 2.24 bits per heavy atom. The van der Waals surface area contributed by atoms with Crippen LogP contribution >= 0.6 is 0 Å². The van der Waals surface area contributed by atoms with Crippen LogP contribution in [0.15, 0.2) is 28.7 Å². The van der Waals surface area contributed by atoms with Gasteiger partial charge >= 0.3 is 0 Å². The number of fused-ring (bicyclic) bond motifs is 1. The largest absolute Gasteiger partial charge is 0.494 e. The van der Waals surface area contributed by atoms with Gasteiger partial charge in [0.2, 0.25) is 5.89 Å². The molecular formula is C30H48N4O3. The summed E-state index contributed by atoms with van der Waals surface area (Å²) in [5.41, 5.74) is 1.76. The molecule has 1 aromatic carbocycles. The van der Waals surface area contributed by atoms with Crippen molar-refractivity contribution in [1.29, 1.82) is 0 Å². The van der Waals surface area contributed by atoms with E-state index in [2.05, 4.69) is 62.0 Å². The Morgan fingerprint density at radius 2 is 1.54 bits per heavy atom. The predicted octanol–water partition coefficient (Wildman–Crippen LogP) is 3.47. The average Bonchev–Trinajstić information content (AvgIpc) is 3.31. The zero-order valence-corrected chi connectivity index (χ0v) is 23.7. The molecule has 7 nitrogen and oxygen atoms in total. The first-order chi connectivity index (χ1) is 17.9. The molecule has 206 valence electrons. The Bertz CT molecular complexity index is 1020. The van der Waals surface area contributed by atoms with Crippen molar-refractivity contribution in [2.75, 3.05) is 74.1 Å². The SMILES string of the molecule is CCCCN(C)CCCOC1C=c2oc(-c3ccc(OCCCN(C)CCCN(C)C)cc3)nc2=CC1. The van der Waals surface area contributed by atoms with Crippen LogP contribution in [0.25, 0.3) is 23.6 Å². The second-order valence-electron chi connectivity index (χ2n) is 10.5. The van der Waals surface area contributed by atoms with Crippen LogP contribution < -0.4 is 15.5 Å². The summed E-state index contributed by atoms with van der Waals surface area (Å²) in [5.74, 6) is 1.52. The fraction of sp³-hybridized carbons (Fsp3) is 0.633. The minimum absolute atomic E-state index is 0.0528. The molecule has 0 amide bonds. The van der Waals surface area contributed by atoms with Gasteiger partial charge in [-0.1, -0.05) is 19.4 Å². The number of ether oxygens (including phenoxy) is 2. The van der Waals surface area contributed by atoms with Crippen molar-refractivity contribution in [3.05, 3.63) is 35.0 Å². The predicted molar refractivity (Wildman–Crippen MR) is 152 cm³/mol. The maximum Gasteiger partial charge on any atom is 0.227 e. The molecule has 7 heteroatoms. The highest BCUT2D eigenvalue weighted by Gasteiger charge is 2.14. The van der Waals surface area contributed by atoms with Crippen molar-refractivity contribution in [2.24, 2.45) is 0 Å². The lowest BCUT2D eigenvalue weighted by Crippen LogP contribution is -2.30. The van der Waals surface area contributed by atoms with Crippen LogP contribution in [0, 0.1) is 0 Å². The van der Waals surface area contributed by atoms with Gasteiger partial charge in [-0.05, 0) is 110 Å². The van der Waals surface area contributed by atoms with Crippen molar-refractivity contribution in [3.8, 4) is 17.2 Å². The molecule has 37 heavy (non-hydrogen) atoms. The fourth-order valence-corrected chi connectivity index (χ4v) is 4.41. The van der Waals surface area contributed by atoms with Crippen LogP contribution in [0.5, 0.6) is 5.75 Å². The van der Waals surface area contributed by atoms with Gasteiger partial charge in [0.1, 0.15) is 11.1 Å². The van der Waals surface area contributed by atoms with Crippen LogP contribution in [0.1, 0.15) is 45.4 Å². The summed E-state index contributed by atoms with van der Waals surface area (Å²) >= 11 is 0. The van der Waals surface area contributed by atoms with E-state index in [1.807, 2.05) is 24.3 Å². The topological polar surface area (TPSA) is 54.2 Å². The van der Waals surface area contributed by atoms with E-state index in [1.165, 1.54) is 19.3 Å². The Balaban J connectivity index is 1.41. The van der Waals surface area contributed by atoms with Crippen molar-refractivity contribution >= 4 is 12.2 Å². The molecule has 0 bridgehead atoms. The number of hydrogen-bond donors (Lipinski definition) is 0. The number of unbranched alkanes of at least 4 members (excludes halogenated alkanes) is 1. The summed E-state index contributed by atoms with van der Waals surface area (Å²) in [4.78, 5) is 11.7. The number of rotatable bonds is 18. The van der Waals surface area contributed by atoms with Gasteiger partial charge in [0.25, 0.3) is 0 Å². The zero-order chi connectivity index (χ0) is 26.5. The van der Waals surface area contributed by atoms with Crippen molar-refractivity contribution < 1.29 is 13.9 Å². The highest BCUT2D eigenvalue weighted by Crippen LogP contribution is 2.20. The van der Waals surface area contributed by atoms with Crippen LogP contribution in [-0.4, -0.2) is 99.9 Å². The van der Waals surface area contributed by atoms with E-state index in [0.717, 1.165) is 80.7 Å². The van der Waals surface area contributed by atoms with Gasteiger partial charge < -0.3 is 28.6 Å². The van der Waals surface area contributed by atoms with E-state index in [0.29, 0.717) is 12.5 Å². The van der Waals surface area contributed by atoms with E-state index in [1.54, 1.807) is 0 Å². The first kappa shape index (κ1) is 29.4. The smallest absolute Gasteiger partial charge is 0.227 e. The van der Waals surface area contributed by atoms with Crippen LogP contribution in [0.2, 0.25) is 0 Å². The van der Waals surface area contributed by atoms with Gasteiger partial charge in [0.15, 0.2) is 5.42 Å². The van der Waals surface area contributed by atoms with E-state index < -0.39 is 0 Å². The van der Waals surface area contributed by atoms with E-state index in [-0.39, 0.29) is 6.10 Å². The quantitative estimate of drug-likeness (QED) is 0.284. The number of hydrogen-bond acceptors (Lipinski definition) is 7. The summed E-state index contributed by atoms with van der Waals surface area (Å²) in [6.07, 6.45) is 10.8. The standard InChI is InChI=1S/C30H48N4O3/c1-6-7-18-33(4)20-10-23-36-27-15-16-28-29(24-27)37-30(31-28)25-11-13-26(14-12-25)35-22-9-21-34(5)19-8-17-32(2)3/h11-14,16,24,27H,6-10,15,17-23H2,1-5H3. The molecular weight excluding hydrogens is 464 g/mol. The van der Waals surface area contributed by atoms with Gasteiger partial charge in [0, 0.05) is 25.3 Å². The molecule has 1 aliphatic carbocycles. The van der Waals surface area contributed by atoms with Gasteiger partial charge in [-0.3, -0.25) is 0 Å². The van der Waals surface area contributed by atoms with Gasteiger partial charge in [-0.2, -0.15) is 0 Å². The molecule has 0 saturated heterocycles. The Morgan fingerprint density at radius 1 is 0.865 bits per heavy atom. The van der Waals surface area contributed by atoms with Crippen molar-refractivity contribution in [1.82, 2.24) is 19.7 Å². The second kappa shape index (κ2) is 15.9. The monoisotopic (exact) mass is 512 g/mol. The van der Waals surface area contributed by atoms with Crippen LogP contribution in [0.4, 0.5) is 0 Å². The lowest BCUT2D eigenvalue weighted by Gasteiger charge is -2.18. The molecule has 0 fully saturated rings. The van der Waals surface area contributed by atoms with Crippen molar-refractivity contribution in [2.45, 2.75) is 51.6 Å². The molecule has 0 N–H and O–H groups in total. The zero-order valence-electron chi connectivity index (χ0n) is 23.7. The lowest BCUT2D eigenvalue weighted by atomic mass is 10.1. The third-order valence-electron chi connectivity index (χ3n) is 6.67. The minimum Gasteiger partial charge on any atom is -0.494 e. The molecule has 1 heterocycles. The highest BCUT2D eigenvalue weighted by molar-refractivity contribution is 5.55. The van der Waals surface area contributed by atoms with Crippen LogP contribution in [0.3, 0.4) is 0 Å². The maximum absolute atomic E-state index is 6.09. The van der Waals surface area contributed by atoms with E-state index in [9.17, 15) is 0 Å². The highest BCUT2D eigenvalue weighted by atomic mass is 16.5. The third-order valence-corrected chi connectivity index (χ3v) is 6.67. The Labute approximate surface area is 223 Å². The summed E-state index contributed by atoms with van der Waals surface area (Å²) in [6, 6.07) is 8.03. The lowest BCUT2D eigenvalue weighted by molar-refractivity contribution is 0.0899. The number of benzene rings is 1. The fourth-order valence-electron chi connectivity index (χ4n) is 4.41. The molecule has 0 aliphatic heterocycles. The second-order valence-corrected chi connectivity index (χ2v) is 10.5. The summed E-state index contributed by atoms with van der Waals surface area (Å²) in [5, 5.41) is 0.907. The summed E-state index contributed by atoms with van der Waals surface area (Å²) in [7, 11) is 8.60. The minimum atomic E-state index is 0.0528. The molecule has 2 aromatic rings. The van der Waals surface area contributed by atoms with Crippen molar-refractivity contribution in [3.63, 3.8) is 0 Å². The average molecular weight is 513 g/mol. The first-order valence-corrected chi connectivity index (χ1v) is 14.0. The molecule has 3 rings (SSSR count). The molecule has 0 saturated carbocycles. The number of nitrogens with zero attached hydrogens (tertiary/aromatic N) is 4. The van der Waals surface area contributed by atoms with E-state index >= 15 is 0 Å². The number of aromatic nitrogens is 1. The summed E-state index contributed by atoms with van der Waals surface area (Å²) < 4.78 is 18.1. The van der Waals surface area contributed by atoms with Gasteiger partial charge in [-0.25, -0.2) is 4.98 Å². The molecule has 0 radical (unpaired) electrons. The normalized spacial score (nSPS) is 15.2. The Hall–Kier alpha value is -2.19. The van der Waals surface area contributed by atoms with E-state index in [4.69, 9.17) is 18.9 Å². The van der Waals surface area contributed by atoms with Crippen LogP contribution in [-0.2, 0) is 4.74 Å². The Kier molecular flexibility index (Phi) is 12.6. The molecule has 1 unspecified atom stereocenters. The maximum atomic E-state index is 6.09. The number of oxazole rings is 1. The molecule has 1 aliphatic rings. The van der Waals surface area contributed by atoms with Gasteiger partial charge in [-0.15, -0.1) is 0 Å². The molecule has 1 aromatic heterocycles. The first-order valence-electron chi connectivity index (χ1n) is 14.0. The molecule has 1 atom stereocenters. The molecule has 0 spiro atoms. The van der Waals surface area contributed by atoms with Gasteiger partial charge in [0.05, 0.1) is 12.7 Å². The third kappa shape index (κ3) is 10.6. The summed E-state index contributed by atoms with van der Waals surface area (Å²) in [6.45, 7) is 9.22.